The summed E-state index contributed by atoms with van der Waals surface area (Å²) in [6.07, 6.45) is 4.23. The highest BCUT2D eigenvalue weighted by Crippen LogP contribution is 2.32. The average Bonchev–Trinajstić information content (AvgIpc) is 2.50. The largest absolute Gasteiger partial charge is 0.348 e. The Morgan fingerprint density at radius 2 is 2.10 bits per heavy atom. The van der Waals surface area contributed by atoms with E-state index in [0.29, 0.717) is 12.8 Å². The maximum absolute atomic E-state index is 12.5. The molecule has 0 saturated carbocycles. The van der Waals surface area contributed by atoms with Crippen LogP contribution in [0.2, 0.25) is 0 Å². The van der Waals surface area contributed by atoms with Gasteiger partial charge >= 0.3 is 0 Å². The molecule has 0 fully saturated rings. The molecule has 1 aliphatic rings. The molecule has 3 heteroatoms. The summed E-state index contributed by atoms with van der Waals surface area (Å²) in [6.45, 7) is 3.81. The standard InChI is InChI=1S/C17H22N2O/c1-3-17(4-2,12-18)16(20)19-15-11-7-9-13-8-5-6-10-14(13)15/h5-6,8,10,15H,3-4,7,9,11H2,1-2H3,(H,19,20). The fourth-order valence-corrected chi connectivity index (χ4v) is 2.98. The van der Waals surface area contributed by atoms with E-state index in [1.165, 1.54) is 11.1 Å². The van der Waals surface area contributed by atoms with Gasteiger partial charge in [0.2, 0.25) is 5.91 Å². The Kier molecular flexibility index (Phi) is 4.44. The molecule has 2 rings (SSSR count). The van der Waals surface area contributed by atoms with Crippen molar-refractivity contribution in [1.82, 2.24) is 5.32 Å². The zero-order valence-electron chi connectivity index (χ0n) is 12.3. The second kappa shape index (κ2) is 6.09. The highest BCUT2D eigenvalue weighted by atomic mass is 16.2. The first-order valence-corrected chi connectivity index (χ1v) is 7.47. The fraction of sp³-hybridized carbons (Fsp3) is 0.529. The molecular formula is C17H22N2O. The fourth-order valence-electron chi connectivity index (χ4n) is 2.98. The van der Waals surface area contributed by atoms with Crippen LogP contribution in [0.1, 0.15) is 56.7 Å². The lowest BCUT2D eigenvalue weighted by Gasteiger charge is -2.30. The van der Waals surface area contributed by atoms with E-state index < -0.39 is 5.41 Å². The summed E-state index contributed by atoms with van der Waals surface area (Å²) in [7, 11) is 0. The number of fused-ring (bicyclic) bond motifs is 1. The molecule has 3 nitrogen and oxygen atoms in total. The first kappa shape index (κ1) is 14.6. The van der Waals surface area contributed by atoms with Crippen LogP contribution in [0, 0.1) is 16.7 Å². The summed E-state index contributed by atoms with van der Waals surface area (Å²) in [5.74, 6) is -0.119. The maximum Gasteiger partial charge on any atom is 0.240 e. The lowest BCUT2D eigenvalue weighted by molar-refractivity contribution is -0.129. The number of hydrogen-bond acceptors (Lipinski definition) is 2. The van der Waals surface area contributed by atoms with Gasteiger partial charge in [-0.3, -0.25) is 4.79 Å². The quantitative estimate of drug-likeness (QED) is 0.910. The van der Waals surface area contributed by atoms with Gasteiger partial charge in [-0.05, 0) is 43.2 Å². The number of nitriles is 1. The highest BCUT2D eigenvalue weighted by Gasteiger charge is 2.36. The minimum Gasteiger partial charge on any atom is -0.348 e. The number of aryl methyl sites for hydroxylation is 1. The Labute approximate surface area is 121 Å². The van der Waals surface area contributed by atoms with Gasteiger partial charge in [0.15, 0.2) is 0 Å². The number of hydrogen-bond donors (Lipinski definition) is 1. The van der Waals surface area contributed by atoms with Gasteiger partial charge in [0, 0.05) is 0 Å². The van der Waals surface area contributed by atoms with Crippen molar-refractivity contribution in [3.8, 4) is 6.07 Å². The monoisotopic (exact) mass is 270 g/mol. The Hall–Kier alpha value is -1.82. The maximum atomic E-state index is 12.5. The van der Waals surface area contributed by atoms with Crippen LogP contribution < -0.4 is 5.32 Å². The van der Waals surface area contributed by atoms with E-state index in [1.807, 2.05) is 26.0 Å². The van der Waals surface area contributed by atoms with Gasteiger partial charge in [0.25, 0.3) is 0 Å². The zero-order chi connectivity index (χ0) is 14.6. The minimum absolute atomic E-state index is 0.0540. The SMILES string of the molecule is CCC(C#N)(CC)C(=O)NC1CCCc2ccccc21. The molecule has 1 atom stereocenters. The van der Waals surface area contributed by atoms with Gasteiger partial charge in [-0.2, -0.15) is 5.26 Å². The third-order valence-electron chi connectivity index (χ3n) is 4.53. The molecule has 0 heterocycles. The van der Waals surface area contributed by atoms with Crippen molar-refractivity contribution in [2.24, 2.45) is 5.41 Å². The van der Waals surface area contributed by atoms with E-state index >= 15 is 0 Å². The molecule has 0 radical (unpaired) electrons. The summed E-state index contributed by atoms with van der Waals surface area (Å²) in [6, 6.07) is 10.5. The number of amides is 1. The summed E-state index contributed by atoms with van der Waals surface area (Å²) in [5, 5.41) is 12.5. The van der Waals surface area contributed by atoms with Crippen LogP contribution >= 0.6 is 0 Å². The van der Waals surface area contributed by atoms with Gasteiger partial charge < -0.3 is 5.32 Å². The predicted octanol–water partition coefficient (Wildman–Crippen LogP) is 3.51. The number of carbonyl (C=O) groups excluding carboxylic acids is 1. The summed E-state index contributed by atoms with van der Waals surface area (Å²) in [4.78, 5) is 12.5. The summed E-state index contributed by atoms with van der Waals surface area (Å²) in [5.41, 5.74) is 1.65. The molecule has 0 spiro atoms. The molecule has 1 aromatic carbocycles. The molecule has 20 heavy (non-hydrogen) atoms. The van der Waals surface area contributed by atoms with Gasteiger partial charge in [-0.15, -0.1) is 0 Å². The molecule has 106 valence electrons. The Morgan fingerprint density at radius 3 is 2.75 bits per heavy atom. The van der Waals surface area contributed by atoms with Crippen molar-refractivity contribution >= 4 is 5.91 Å². The van der Waals surface area contributed by atoms with Crippen LogP contribution in [0.25, 0.3) is 0 Å². The van der Waals surface area contributed by atoms with Gasteiger partial charge in [0.1, 0.15) is 5.41 Å². The summed E-state index contributed by atoms with van der Waals surface area (Å²) < 4.78 is 0. The van der Waals surface area contributed by atoms with Crippen LogP contribution in [-0.2, 0) is 11.2 Å². The topological polar surface area (TPSA) is 52.9 Å². The van der Waals surface area contributed by atoms with Crippen LogP contribution in [0.3, 0.4) is 0 Å². The van der Waals surface area contributed by atoms with Gasteiger partial charge in [0.05, 0.1) is 12.1 Å². The van der Waals surface area contributed by atoms with Crippen LogP contribution in [-0.4, -0.2) is 5.91 Å². The Bertz CT molecular complexity index is 526. The van der Waals surface area contributed by atoms with E-state index in [4.69, 9.17) is 0 Å². The molecule has 0 aromatic heterocycles. The average molecular weight is 270 g/mol. The normalized spacial score (nSPS) is 17.9. The molecule has 1 aromatic rings. The first-order chi connectivity index (χ1) is 9.66. The Morgan fingerprint density at radius 1 is 1.40 bits per heavy atom. The van der Waals surface area contributed by atoms with Gasteiger partial charge in [-0.25, -0.2) is 0 Å². The minimum atomic E-state index is -0.883. The van der Waals surface area contributed by atoms with Crippen LogP contribution in [0.5, 0.6) is 0 Å². The number of rotatable bonds is 4. The van der Waals surface area contributed by atoms with E-state index in [2.05, 4.69) is 23.5 Å². The van der Waals surface area contributed by atoms with Gasteiger partial charge in [-0.1, -0.05) is 38.1 Å². The molecule has 1 N–H and O–H groups in total. The number of nitrogens with one attached hydrogen (secondary N) is 1. The van der Waals surface area contributed by atoms with Crippen molar-refractivity contribution in [2.75, 3.05) is 0 Å². The number of nitrogens with zero attached hydrogens (tertiary/aromatic N) is 1. The van der Waals surface area contributed by atoms with Crippen molar-refractivity contribution in [1.29, 1.82) is 5.26 Å². The van der Waals surface area contributed by atoms with E-state index in [1.54, 1.807) is 0 Å². The first-order valence-electron chi connectivity index (χ1n) is 7.47. The highest BCUT2D eigenvalue weighted by molar-refractivity contribution is 5.85. The molecule has 0 saturated heterocycles. The smallest absolute Gasteiger partial charge is 0.240 e. The van der Waals surface area contributed by atoms with E-state index in [9.17, 15) is 10.1 Å². The van der Waals surface area contributed by atoms with E-state index in [0.717, 1.165) is 19.3 Å². The third-order valence-corrected chi connectivity index (χ3v) is 4.53. The predicted molar refractivity (Wildman–Crippen MR) is 78.9 cm³/mol. The molecular weight excluding hydrogens is 248 g/mol. The lowest BCUT2D eigenvalue weighted by atomic mass is 9.81. The van der Waals surface area contributed by atoms with Crippen molar-refractivity contribution < 1.29 is 4.79 Å². The lowest BCUT2D eigenvalue weighted by Crippen LogP contribution is -2.42. The zero-order valence-corrected chi connectivity index (χ0v) is 12.3. The molecule has 0 aliphatic heterocycles. The second-order valence-corrected chi connectivity index (χ2v) is 5.52. The third kappa shape index (κ3) is 2.56. The second-order valence-electron chi connectivity index (χ2n) is 5.52. The summed E-state index contributed by atoms with van der Waals surface area (Å²) >= 11 is 0. The van der Waals surface area contributed by atoms with E-state index in [-0.39, 0.29) is 11.9 Å². The number of carbonyl (C=O) groups is 1. The van der Waals surface area contributed by atoms with Crippen LogP contribution in [0.15, 0.2) is 24.3 Å². The van der Waals surface area contributed by atoms with Crippen LogP contribution in [0.4, 0.5) is 0 Å². The number of benzene rings is 1. The molecule has 1 amide bonds. The molecule has 1 aliphatic carbocycles. The molecule has 0 bridgehead atoms. The molecule has 1 unspecified atom stereocenters. The van der Waals surface area contributed by atoms with Crippen molar-refractivity contribution in [2.45, 2.75) is 52.0 Å². The van der Waals surface area contributed by atoms with Crippen molar-refractivity contribution in [3.05, 3.63) is 35.4 Å². The van der Waals surface area contributed by atoms with Crippen molar-refractivity contribution in [3.63, 3.8) is 0 Å². The Balaban J connectivity index is 2.20.